The Kier molecular flexibility index (Phi) is 5.76. The van der Waals surface area contributed by atoms with Gasteiger partial charge in [-0.25, -0.2) is 0 Å². The van der Waals surface area contributed by atoms with Crippen LogP contribution in [0.4, 0.5) is 5.69 Å². The fraction of sp³-hybridized carbons (Fsp3) is 0.450. The molecular formula is C20H26ClN5O2. The molecule has 2 amide bonds. The molecule has 1 fully saturated rings. The molecule has 1 unspecified atom stereocenters. The van der Waals surface area contributed by atoms with Crippen LogP contribution in [0.25, 0.3) is 0 Å². The third-order valence-electron chi connectivity index (χ3n) is 5.74. The predicted molar refractivity (Wildman–Crippen MR) is 110 cm³/mol. The van der Waals surface area contributed by atoms with Crippen LogP contribution in [0.1, 0.15) is 35.6 Å². The van der Waals surface area contributed by atoms with E-state index in [9.17, 15) is 9.59 Å². The predicted octanol–water partition coefficient (Wildman–Crippen LogP) is 1.54. The van der Waals surface area contributed by atoms with Crippen molar-refractivity contribution < 1.29 is 9.59 Å². The summed E-state index contributed by atoms with van der Waals surface area (Å²) in [5, 5.41) is 10.7. The standard InChI is InChI=1S/C20H25N5O2.ClH/c1-12(13-4-5-18-14(6-13)7-19(26)25(18)3)23-20(27)17-10-21-9-16(17)15-8-22-24(2)11-15;/h4-6,8,11-12,16-17,21H,7,9-10H2,1-3H3,(H,23,27);1H/t12?,16-,17+;/m1./s1. The van der Waals surface area contributed by atoms with E-state index in [4.69, 9.17) is 0 Å². The molecule has 2 aliphatic heterocycles. The van der Waals surface area contributed by atoms with Crippen LogP contribution in [0.2, 0.25) is 0 Å². The Morgan fingerprint density at radius 2 is 2.11 bits per heavy atom. The number of fused-ring (bicyclic) bond motifs is 1. The minimum absolute atomic E-state index is 0. The van der Waals surface area contributed by atoms with Crippen molar-refractivity contribution in [2.45, 2.75) is 25.3 Å². The fourth-order valence-corrected chi connectivity index (χ4v) is 4.10. The molecule has 3 heterocycles. The Hall–Kier alpha value is -2.38. The van der Waals surface area contributed by atoms with Crippen molar-refractivity contribution in [1.82, 2.24) is 20.4 Å². The summed E-state index contributed by atoms with van der Waals surface area (Å²) in [6, 6.07) is 5.88. The van der Waals surface area contributed by atoms with E-state index < -0.39 is 0 Å². The highest BCUT2D eigenvalue weighted by Crippen LogP contribution is 2.31. The number of aryl methyl sites for hydroxylation is 1. The number of hydrogen-bond acceptors (Lipinski definition) is 4. The zero-order valence-electron chi connectivity index (χ0n) is 16.3. The van der Waals surface area contributed by atoms with E-state index >= 15 is 0 Å². The number of carbonyl (C=O) groups excluding carboxylic acids is 2. The molecular weight excluding hydrogens is 378 g/mol. The molecule has 0 spiro atoms. The molecule has 0 radical (unpaired) electrons. The summed E-state index contributed by atoms with van der Waals surface area (Å²) < 4.78 is 1.77. The first-order chi connectivity index (χ1) is 12.9. The number of amides is 2. The molecule has 28 heavy (non-hydrogen) atoms. The highest BCUT2D eigenvalue weighted by molar-refractivity contribution is 6.01. The number of nitrogens with zero attached hydrogens (tertiary/aromatic N) is 3. The molecule has 1 saturated heterocycles. The Labute approximate surface area is 170 Å². The van der Waals surface area contributed by atoms with Gasteiger partial charge in [-0.1, -0.05) is 12.1 Å². The first-order valence-electron chi connectivity index (χ1n) is 9.33. The zero-order chi connectivity index (χ0) is 19.1. The molecule has 4 rings (SSSR count). The van der Waals surface area contributed by atoms with Gasteiger partial charge in [0.25, 0.3) is 0 Å². The van der Waals surface area contributed by atoms with E-state index in [2.05, 4.69) is 15.7 Å². The topological polar surface area (TPSA) is 79.3 Å². The van der Waals surface area contributed by atoms with Gasteiger partial charge >= 0.3 is 0 Å². The van der Waals surface area contributed by atoms with Crippen LogP contribution < -0.4 is 15.5 Å². The lowest BCUT2D eigenvalue weighted by Crippen LogP contribution is -2.36. The molecule has 150 valence electrons. The summed E-state index contributed by atoms with van der Waals surface area (Å²) in [6.45, 7) is 3.44. The van der Waals surface area contributed by atoms with Gasteiger partial charge in [-0.2, -0.15) is 5.10 Å². The van der Waals surface area contributed by atoms with Gasteiger partial charge in [0.1, 0.15) is 0 Å². The van der Waals surface area contributed by atoms with Crippen molar-refractivity contribution in [3.8, 4) is 0 Å². The minimum atomic E-state index is -0.112. The monoisotopic (exact) mass is 403 g/mol. The van der Waals surface area contributed by atoms with Crippen LogP contribution in [0.5, 0.6) is 0 Å². The van der Waals surface area contributed by atoms with Gasteiger partial charge in [-0.15, -0.1) is 12.4 Å². The van der Waals surface area contributed by atoms with E-state index in [1.54, 1.807) is 16.6 Å². The summed E-state index contributed by atoms with van der Waals surface area (Å²) in [5.74, 6) is 0.182. The van der Waals surface area contributed by atoms with E-state index in [0.717, 1.165) is 28.9 Å². The van der Waals surface area contributed by atoms with E-state index in [1.807, 2.05) is 44.6 Å². The number of carbonyl (C=O) groups is 2. The van der Waals surface area contributed by atoms with Crippen LogP contribution in [0, 0.1) is 5.92 Å². The molecule has 2 N–H and O–H groups in total. The SMILES string of the molecule is CC(NC(=O)[C@H]1CNC[C@@H]1c1cnn(C)c1)c1ccc2c(c1)CC(=O)N2C.Cl. The second-order valence-corrected chi connectivity index (χ2v) is 7.57. The maximum Gasteiger partial charge on any atom is 0.231 e. The number of rotatable bonds is 4. The highest BCUT2D eigenvalue weighted by atomic mass is 35.5. The molecule has 0 saturated carbocycles. The maximum absolute atomic E-state index is 12.9. The normalized spacial score (nSPS) is 22.0. The van der Waals surface area contributed by atoms with E-state index in [1.165, 1.54) is 0 Å². The van der Waals surface area contributed by atoms with Crippen LogP contribution in [-0.2, 0) is 23.1 Å². The van der Waals surface area contributed by atoms with Gasteiger partial charge in [-0.3, -0.25) is 14.3 Å². The van der Waals surface area contributed by atoms with Crippen LogP contribution in [-0.4, -0.2) is 41.7 Å². The lowest BCUT2D eigenvalue weighted by molar-refractivity contribution is -0.125. The fourth-order valence-electron chi connectivity index (χ4n) is 4.10. The first kappa shape index (κ1) is 20.4. The number of benzene rings is 1. The molecule has 2 aliphatic rings. The Bertz CT molecular complexity index is 896. The number of anilines is 1. The van der Waals surface area contributed by atoms with Gasteiger partial charge in [0.2, 0.25) is 11.8 Å². The second kappa shape index (κ2) is 7.93. The summed E-state index contributed by atoms with van der Waals surface area (Å²) in [7, 11) is 3.68. The van der Waals surface area contributed by atoms with Gasteiger partial charge < -0.3 is 15.5 Å². The average Bonchev–Trinajstić information content (AvgIpc) is 3.34. The molecule has 1 aromatic heterocycles. The Balaban J connectivity index is 0.00000225. The van der Waals surface area contributed by atoms with Crippen molar-refractivity contribution in [1.29, 1.82) is 0 Å². The van der Waals surface area contributed by atoms with E-state index in [-0.39, 0.29) is 42.1 Å². The van der Waals surface area contributed by atoms with Crippen LogP contribution in [0.3, 0.4) is 0 Å². The lowest BCUT2D eigenvalue weighted by Gasteiger charge is -2.21. The van der Waals surface area contributed by atoms with Crippen LogP contribution in [0.15, 0.2) is 30.6 Å². The third kappa shape index (κ3) is 3.64. The van der Waals surface area contributed by atoms with Crippen LogP contribution >= 0.6 is 12.4 Å². The van der Waals surface area contributed by atoms with Gasteiger partial charge in [0.05, 0.1) is 24.6 Å². The largest absolute Gasteiger partial charge is 0.349 e. The maximum atomic E-state index is 12.9. The quantitative estimate of drug-likeness (QED) is 0.811. The summed E-state index contributed by atoms with van der Waals surface area (Å²) in [5.41, 5.74) is 4.10. The number of halogens is 1. The third-order valence-corrected chi connectivity index (χ3v) is 5.74. The smallest absolute Gasteiger partial charge is 0.231 e. The van der Waals surface area contributed by atoms with Crippen molar-refractivity contribution in [2.75, 3.05) is 25.0 Å². The summed E-state index contributed by atoms with van der Waals surface area (Å²) >= 11 is 0. The molecule has 0 bridgehead atoms. The van der Waals surface area contributed by atoms with Crippen molar-refractivity contribution >= 4 is 29.9 Å². The first-order valence-corrected chi connectivity index (χ1v) is 9.33. The van der Waals surface area contributed by atoms with Gasteiger partial charge in [0, 0.05) is 45.0 Å². The average molecular weight is 404 g/mol. The van der Waals surface area contributed by atoms with Crippen molar-refractivity contribution in [3.05, 3.63) is 47.3 Å². The Morgan fingerprint density at radius 1 is 1.32 bits per heavy atom. The van der Waals surface area contributed by atoms with Crippen molar-refractivity contribution in [2.24, 2.45) is 13.0 Å². The Morgan fingerprint density at radius 3 is 2.82 bits per heavy atom. The summed E-state index contributed by atoms with van der Waals surface area (Å²) in [4.78, 5) is 26.5. The summed E-state index contributed by atoms with van der Waals surface area (Å²) in [6.07, 6.45) is 4.25. The number of hydrogen-bond donors (Lipinski definition) is 2. The number of nitrogens with one attached hydrogen (secondary N) is 2. The highest BCUT2D eigenvalue weighted by Gasteiger charge is 2.35. The molecule has 3 atom stereocenters. The molecule has 1 aromatic carbocycles. The molecule has 8 heteroatoms. The van der Waals surface area contributed by atoms with E-state index in [0.29, 0.717) is 13.0 Å². The zero-order valence-corrected chi connectivity index (χ0v) is 17.1. The molecule has 7 nitrogen and oxygen atoms in total. The van der Waals surface area contributed by atoms with Gasteiger partial charge in [0.15, 0.2) is 0 Å². The molecule has 0 aliphatic carbocycles. The van der Waals surface area contributed by atoms with Crippen molar-refractivity contribution in [3.63, 3.8) is 0 Å². The van der Waals surface area contributed by atoms with Gasteiger partial charge in [-0.05, 0) is 29.7 Å². The lowest BCUT2D eigenvalue weighted by atomic mass is 9.90. The number of likely N-dealkylation sites (N-methyl/N-ethyl adjacent to an activating group) is 1. The minimum Gasteiger partial charge on any atom is -0.349 e. The second-order valence-electron chi connectivity index (χ2n) is 7.57. The number of aromatic nitrogens is 2. The molecule has 2 aromatic rings.